The molecule has 0 radical (unpaired) electrons. The Morgan fingerprint density at radius 3 is 2.50 bits per heavy atom. The van der Waals surface area contributed by atoms with Gasteiger partial charge in [-0.1, -0.05) is 48.5 Å². The summed E-state index contributed by atoms with van der Waals surface area (Å²) in [5.74, 6) is -0.430. The second-order valence-electron chi connectivity index (χ2n) is 8.06. The minimum absolute atomic E-state index is 0.106. The second kappa shape index (κ2) is 9.26. The molecule has 0 amide bonds. The Hall–Kier alpha value is -3.72. The van der Waals surface area contributed by atoms with E-state index in [0.29, 0.717) is 18.1 Å². The summed E-state index contributed by atoms with van der Waals surface area (Å²) in [6.07, 6.45) is -0.106. The molecule has 6 nitrogen and oxygen atoms in total. The maximum Gasteiger partial charge on any atom is 0.309 e. The summed E-state index contributed by atoms with van der Waals surface area (Å²) in [6, 6.07) is 28.0. The van der Waals surface area contributed by atoms with Crippen molar-refractivity contribution < 1.29 is 9.90 Å². The molecule has 1 heterocycles. The average Bonchev–Trinajstić information content (AvgIpc) is 3.15. The highest BCUT2D eigenvalue weighted by Crippen LogP contribution is 2.24. The summed E-state index contributed by atoms with van der Waals surface area (Å²) in [7, 11) is 0. The van der Waals surface area contributed by atoms with E-state index < -0.39 is 5.97 Å². The van der Waals surface area contributed by atoms with Gasteiger partial charge in [0.15, 0.2) is 0 Å². The molecule has 0 atom stereocenters. The van der Waals surface area contributed by atoms with Gasteiger partial charge in [-0.05, 0) is 75.3 Å². The summed E-state index contributed by atoms with van der Waals surface area (Å²) in [5.41, 5.74) is 10.5. The van der Waals surface area contributed by atoms with Gasteiger partial charge < -0.3 is 10.8 Å². The monoisotopic (exact) mass is 560 g/mol. The quantitative estimate of drug-likeness (QED) is 0.163. The first-order valence-electron chi connectivity index (χ1n) is 10.8. The van der Waals surface area contributed by atoms with E-state index in [1.165, 1.54) is 0 Å². The largest absolute Gasteiger partial charge is 0.481 e. The minimum atomic E-state index is -0.892. The number of amidine groups is 1. The zero-order valence-electron chi connectivity index (χ0n) is 18.1. The molecule has 0 aliphatic heterocycles. The Morgan fingerprint density at radius 1 is 0.971 bits per heavy atom. The van der Waals surface area contributed by atoms with Crippen molar-refractivity contribution >= 4 is 61.8 Å². The smallest absolute Gasteiger partial charge is 0.309 e. The molecule has 0 aliphatic rings. The minimum Gasteiger partial charge on any atom is -0.481 e. The van der Waals surface area contributed by atoms with Gasteiger partial charge in [-0.15, -0.1) is 0 Å². The number of halogens is 1. The number of carboxylic acid groups (broad SMARTS) is 1. The number of hydrogen-bond donors (Lipinski definition) is 2. The van der Waals surface area contributed by atoms with E-state index in [-0.39, 0.29) is 6.42 Å². The summed E-state index contributed by atoms with van der Waals surface area (Å²) in [4.78, 5) is 15.9. The van der Waals surface area contributed by atoms with Crippen LogP contribution in [0.2, 0.25) is 0 Å². The summed E-state index contributed by atoms with van der Waals surface area (Å²) in [5, 5.41) is 17.0. The van der Waals surface area contributed by atoms with Crippen LogP contribution in [-0.2, 0) is 17.8 Å². The third kappa shape index (κ3) is 4.65. The number of aliphatic carboxylic acids is 1. The first-order valence-corrected chi connectivity index (χ1v) is 11.8. The molecule has 5 aromatic rings. The standard InChI is InChI=1S/C27H21IN4O2/c28-21-9-12-25-23(14-21)24(15-26(33)34)31-32(25)16-17-5-10-22(11-6-17)30-27(29)20-8-7-18-3-1-2-4-19(18)13-20/h1-14H,15-16H2,(H2,29,30)(H,33,34). The van der Waals surface area contributed by atoms with Crippen LogP contribution in [0.4, 0.5) is 5.69 Å². The fourth-order valence-corrected chi connectivity index (χ4v) is 4.50. The van der Waals surface area contributed by atoms with Gasteiger partial charge in [0.1, 0.15) is 5.84 Å². The molecule has 0 saturated carbocycles. The maximum atomic E-state index is 11.3. The fraction of sp³-hybridized carbons (Fsp3) is 0.0741. The predicted molar refractivity (Wildman–Crippen MR) is 144 cm³/mol. The van der Waals surface area contributed by atoms with E-state index in [0.717, 1.165) is 42.1 Å². The number of carboxylic acids is 1. The number of aromatic nitrogens is 2. The fourth-order valence-electron chi connectivity index (χ4n) is 4.01. The highest BCUT2D eigenvalue weighted by Gasteiger charge is 2.14. The van der Waals surface area contributed by atoms with Gasteiger partial charge >= 0.3 is 5.97 Å². The zero-order chi connectivity index (χ0) is 23.7. The van der Waals surface area contributed by atoms with Gasteiger partial charge in [0.2, 0.25) is 0 Å². The Morgan fingerprint density at radius 2 is 1.74 bits per heavy atom. The van der Waals surface area contributed by atoms with Crippen molar-refractivity contribution in [3.63, 3.8) is 0 Å². The van der Waals surface area contributed by atoms with Crippen LogP contribution in [0.5, 0.6) is 0 Å². The number of rotatable bonds is 6. The first kappa shape index (κ1) is 22.1. The number of hydrogen-bond acceptors (Lipinski definition) is 3. The highest BCUT2D eigenvalue weighted by molar-refractivity contribution is 14.1. The van der Waals surface area contributed by atoms with Crippen LogP contribution in [0.1, 0.15) is 16.8 Å². The molecule has 5 rings (SSSR count). The molecule has 0 bridgehead atoms. The van der Waals surface area contributed by atoms with Gasteiger partial charge in [-0.3, -0.25) is 9.48 Å². The Labute approximate surface area is 209 Å². The molecule has 0 unspecified atom stereocenters. The van der Waals surface area contributed by atoms with E-state index in [9.17, 15) is 9.90 Å². The van der Waals surface area contributed by atoms with Crippen molar-refractivity contribution in [3.8, 4) is 0 Å². The van der Waals surface area contributed by atoms with Gasteiger partial charge in [-0.2, -0.15) is 5.10 Å². The van der Waals surface area contributed by atoms with Crippen molar-refractivity contribution in [2.24, 2.45) is 10.7 Å². The number of nitrogens with zero attached hydrogens (tertiary/aromatic N) is 3. The molecule has 168 valence electrons. The zero-order valence-corrected chi connectivity index (χ0v) is 20.3. The van der Waals surface area contributed by atoms with Gasteiger partial charge in [0.25, 0.3) is 0 Å². The SMILES string of the molecule is NC(=Nc1ccc(Cn2nc(CC(=O)O)c3cc(I)ccc32)cc1)c1ccc2ccccc2c1. The van der Waals surface area contributed by atoms with E-state index in [1.54, 1.807) is 0 Å². The van der Waals surface area contributed by atoms with E-state index >= 15 is 0 Å². The third-order valence-corrected chi connectivity index (χ3v) is 6.34. The number of aliphatic imine (C=N–C) groups is 1. The summed E-state index contributed by atoms with van der Waals surface area (Å²) >= 11 is 2.23. The number of benzene rings is 4. The summed E-state index contributed by atoms with van der Waals surface area (Å²) < 4.78 is 2.90. The van der Waals surface area contributed by atoms with Crippen LogP contribution < -0.4 is 5.73 Å². The molecular formula is C27H21IN4O2. The molecule has 34 heavy (non-hydrogen) atoms. The number of carbonyl (C=O) groups is 1. The summed E-state index contributed by atoms with van der Waals surface area (Å²) in [6.45, 7) is 0.529. The second-order valence-corrected chi connectivity index (χ2v) is 9.31. The molecule has 1 aromatic heterocycles. The lowest BCUT2D eigenvalue weighted by atomic mass is 10.1. The average molecular weight is 560 g/mol. The lowest BCUT2D eigenvalue weighted by Gasteiger charge is -2.06. The third-order valence-electron chi connectivity index (χ3n) is 5.67. The van der Waals surface area contributed by atoms with Crippen molar-refractivity contribution in [1.29, 1.82) is 0 Å². The van der Waals surface area contributed by atoms with Crippen LogP contribution in [0.15, 0.2) is 89.9 Å². The lowest BCUT2D eigenvalue weighted by Crippen LogP contribution is -2.12. The molecular weight excluding hydrogens is 539 g/mol. The van der Waals surface area contributed by atoms with Crippen LogP contribution in [-0.4, -0.2) is 26.7 Å². The van der Waals surface area contributed by atoms with E-state index in [4.69, 9.17) is 5.73 Å². The lowest BCUT2D eigenvalue weighted by molar-refractivity contribution is -0.136. The molecule has 0 spiro atoms. The van der Waals surface area contributed by atoms with Gasteiger partial charge in [0.05, 0.1) is 29.9 Å². The maximum absolute atomic E-state index is 11.3. The topological polar surface area (TPSA) is 93.5 Å². The van der Waals surface area contributed by atoms with Crippen molar-refractivity contribution in [1.82, 2.24) is 9.78 Å². The molecule has 7 heteroatoms. The van der Waals surface area contributed by atoms with Crippen LogP contribution in [0.3, 0.4) is 0 Å². The highest BCUT2D eigenvalue weighted by atomic mass is 127. The first-order chi connectivity index (χ1) is 16.5. The molecule has 0 aliphatic carbocycles. The van der Waals surface area contributed by atoms with Crippen LogP contribution in [0, 0.1) is 3.57 Å². The molecule has 0 saturated heterocycles. The number of fused-ring (bicyclic) bond motifs is 2. The Kier molecular flexibility index (Phi) is 6.02. The number of nitrogens with two attached hydrogens (primary N) is 1. The molecule has 0 fully saturated rings. The van der Waals surface area contributed by atoms with Crippen molar-refractivity contribution in [2.75, 3.05) is 0 Å². The van der Waals surface area contributed by atoms with Gasteiger partial charge in [0, 0.05) is 14.5 Å². The van der Waals surface area contributed by atoms with Crippen LogP contribution >= 0.6 is 22.6 Å². The normalized spacial score (nSPS) is 11.9. The Bertz CT molecular complexity index is 1550. The predicted octanol–water partition coefficient (Wildman–Crippen LogP) is 5.51. The van der Waals surface area contributed by atoms with Gasteiger partial charge in [-0.25, -0.2) is 4.99 Å². The van der Waals surface area contributed by atoms with Crippen molar-refractivity contribution in [2.45, 2.75) is 13.0 Å². The van der Waals surface area contributed by atoms with Crippen LogP contribution in [0.25, 0.3) is 21.7 Å². The van der Waals surface area contributed by atoms with Crippen molar-refractivity contribution in [3.05, 3.63) is 105 Å². The molecule has 3 N–H and O–H groups in total. The Balaban J connectivity index is 1.39. The van der Waals surface area contributed by atoms with E-state index in [2.05, 4.69) is 44.8 Å². The van der Waals surface area contributed by atoms with E-state index in [1.807, 2.05) is 77.5 Å². The molecule has 4 aromatic carbocycles.